The van der Waals surface area contributed by atoms with E-state index >= 15 is 0 Å². The van der Waals surface area contributed by atoms with Crippen molar-refractivity contribution in [1.29, 1.82) is 0 Å². The zero-order chi connectivity index (χ0) is 12.5. The van der Waals surface area contributed by atoms with Gasteiger partial charge in [0.1, 0.15) is 5.75 Å². The quantitative estimate of drug-likeness (QED) is 0.720. The van der Waals surface area contributed by atoms with Crippen LogP contribution in [0.5, 0.6) is 5.75 Å². The lowest BCUT2D eigenvalue weighted by Gasteiger charge is -2.08. The van der Waals surface area contributed by atoms with Crippen LogP contribution in [-0.4, -0.2) is 19.7 Å². The predicted molar refractivity (Wildman–Crippen MR) is 74.4 cm³/mol. The average Bonchev–Trinajstić information content (AvgIpc) is 2.30. The molecule has 1 aromatic rings. The molecule has 0 aliphatic rings. The van der Waals surface area contributed by atoms with E-state index < -0.39 is 0 Å². The number of hydrogen-bond acceptors (Lipinski definition) is 2. The Morgan fingerprint density at radius 1 is 1.18 bits per heavy atom. The number of hydrogen-bond donors (Lipinski definition) is 1. The van der Waals surface area contributed by atoms with Crippen LogP contribution in [0.25, 0.3) is 0 Å². The average molecular weight is 276 g/mol. The van der Waals surface area contributed by atoms with Gasteiger partial charge in [-0.15, -0.1) is 0 Å². The van der Waals surface area contributed by atoms with Gasteiger partial charge in [0.05, 0.1) is 11.6 Å². The lowest BCUT2D eigenvalue weighted by Crippen LogP contribution is -2.14. The highest BCUT2D eigenvalue weighted by atomic mass is 35.5. The van der Waals surface area contributed by atoms with Crippen LogP contribution >= 0.6 is 23.2 Å². The van der Waals surface area contributed by atoms with Gasteiger partial charge in [-0.1, -0.05) is 30.1 Å². The van der Waals surface area contributed by atoms with Crippen LogP contribution in [0, 0.1) is 0 Å². The second-order valence-electron chi connectivity index (χ2n) is 3.84. The van der Waals surface area contributed by atoms with Crippen LogP contribution < -0.4 is 10.1 Å². The molecule has 0 spiro atoms. The first kappa shape index (κ1) is 14.6. The van der Waals surface area contributed by atoms with Crippen molar-refractivity contribution in [3.8, 4) is 5.75 Å². The molecule has 2 nitrogen and oxygen atoms in total. The normalized spacial score (nSPS) is 10.5. The number of unbranched alkanes of at least 4 members (excludes halogenated alkanes) is 2. The van der Waals surface area contributed by atoms with Crippen molar-refractivity contribution >= 4 is 23.2 Å². The Balaban J connectivity index is 2.14. The molecule has 0 heterocycles. The maximum Gasteiger partial charge on any atom is 0.137 e. The first-order valence-corrected chi connectivity index (χ1v) is 6.78. The highest BCUT2D eigenvalue weighted by Crippen LogP contribution is 2.27. The van der Waals surface area contributed by atoms with Crippen molar-refractivity contribution in [2.75, 3.05) is 19.7 Å². The monoisotopic (exact) mass is 275 g/mol. The Labute approximate surface area is 113 Å². The third-order valence-corrected chi connectivity index (χ3v) is 2.93. The predicted octanol–water partition coefficient (Wildman–Crippen LogP) is 4.15. The summed E-state index contributed by atoms with van der Waals surface area (Å²) in [6.45, 7) is 4.94. The van der Waals surface area contributed by atoms with Gasteiger partial charge in [0, 0.05) is 5.02 Å². The van der Waals surface area contributed by atoms with Gasteiger partial charge >= 0.3 is 0 Å². The molecule has 1 N–H and O–H groups in total. The molecule has 1 rings (SSSR count). The number of nitrogens with one attached hydrogen (secondary N) is 1. The van der Waals surface area contributed by atoms with E-state index in [4.69, 9.17) is 27.9 Å². The van der Waals surface area contributed by atoms with Crippen LogP contribution in [0.2, 0.25) is 10.0 Å². The van der Waals surface area contributed by atoms with Crippen molar-refractivity contribution in [2.45, 2.75) is 26.2 Å². The first-order valence-electron chi connectivity index (χ1n) is 6.02. The van der Waals surface area contributed by atoms with Crippen molar-refractivity contribution in [1.82, 2.24) is 5.32 Å². The van der Waals surface area contributed by atoms with Crippen LogP contribution in [0.1, 0.15) is 26.2 Å². The summed E-state index contributed by atoms with van der Waals surface area (Å²) >= 11 is 11.8. The summed E-state index contributed by atoms with van der Waals surface area (Å²) in [6.07, 6.45) is 3.40. The van der Waals surface area contributed by atoms with Gasteiger partial charge in [0.2, 0.25) is 0 Å². The van der Waals surface area contributed by atoms with E-state index in [0.29, 0.717) is 22.4 Å². The zero-order valence-electron chi connectivity index (χ0n) is 10.1. The SMILES string of the molecule is CCNCCCCCOc1ccc(Cl)cc1Cl. The first-order chi connectivity index (χ1) is 8.24. The fourth-order valence-corrected chi connectivity index (χ4v) is 1.94. The summed E-state index contributed by atoms with van der Waals surface area (Å²) in [4.78, 5) is 0. The van der Waals surface area contributed by atoms with Crippen molar-refractivity contribution in [2.24, 2.45) is 0 Å². The zero-order valence-corrected chi connectivity index (χ0v) is 11.7. The lowest BCUT2D eigenvalue weighted by molar-refractivity contribution is 0.305. The molecule has 96 valence electrons. The van der Waals surface area contributed by atoms with E-state index in [1.807, 2.05) is 6.07 Å². The Hall–Kier alpha value is -0.440. The van der Waals surface area contributed by atoms with Crippen molar-refractivity contribution in [3.63, 3.8) is 0 Å². The van der Waals surface area contributed by atoms with Gasteiger partial charge in [0.25, 0.3) is 0 Å². The highest BCUT2D eigenvalue weighted by molar-refractivity contribution is 6.35. The summed E-state index contributed by atoms with van der Waals surface area (Å²) in [5, 5.41) is 4.50. The largest absolute Gasteiger partial charge is 0.492 e. The molecule has 17 heavy (non-hydrogen) atoms. The Morgan fingerprint density at radius 3 is 2.71 bits per heavy atom. The second-order valence-corrected chi connectivity index (χ2v) is 4.68. The summed E-state index contributed by atoms with van der Waals surface area (Å²) in [7, 11) is 0. The van der Waals surface area contributed by atoms with Crippen LogP contribution in [0.4, 0.5) is 0 Å². The fraction of sp³-hybridized carbons (Fsp3) is 0.538. The van der Waals surface area contributed by atoms with Crippen LogP contribution in [0.3, 0.4) is 0 Å². The number of halogens is 2. The number of rotatable bonds is 8. The van der Waals surface area contributed by atoms with E-state index in [-0.39, 0.29) is 0 Å². The van der Waals surface area contributed by atoms with E-state index in [2.05, 4.69) is 12.2 Å². The molecule has 0 radical (unpaired) electrons. The molecular formula is C13H19Cl2NO. The Kier molecular flexibility index (Phi) is 7.41. The van der Waals surface area contributed by atoms with E-state index in [0.717, 1.165) is 25.9 Å². The Morgan fingerprint density at radius 2 is 2.00 bits per heavy atom. The maximum absolute atomic E-state index is 5.99. The molecule has 0 fully saturated rings. The van der Waals surface area contributed by atoms with E-state index in [1.165, 1.54) is 6.42 Å². The fourth-order valence-electron chi connectivity index (χ4n) is 1.48. The van der Waals surface area contributed by atoms with Gasteiger partial charge in [-0.3, -0.25) is 0 Å². The molecular weight excluding hydrogens is 257 g/mol. The van der Waals surface area contributed by atoms with E-state index in [1.54, 1.807) is 12.1 Å². The third kappa shape index (κ3) is 6.16. The van der Waals surface area contributed by atoms with Crippen LogP contribution in [0.15, 0.2) is 18.2 Å². The number of ether oxygens (including phenoxy) is 1. The molecule has 0 amide bonds. The van der Waals surface area contributed by atoms with Gasteiger partial charge < -0.3 is 10.1 Å². The van der Waals surface area contributed by atoms with Crippen molar-refractivity contribution in [3.05, 3.63) is 28.2 Å². The summed E-state index contributed by atoms with van der Waals surface area (Å²) < 4.78 is 5.59. The van der Waals surface area contributed by atoms with Gasteiger partial charge in [-0.25, -0.2) is 0 Å². The van der Waals surface area contributed by atoms with Gasteiger partial charge in [-0.2, -0.15) is 0 Å². The maximum atomic E-state index is 5.99. The molecule has 0 atom stereocenters. The minimum Gasteiger partial charge on any atom is -0.492 e. The molecule has 4 heteroatoms. The van der Waals surface area contributed by atoms with Crippen LogP contribution in [-0.2, 0) is 0 Å². The highest BCUT2D eigenvalue weighted by Gasteiger charge is 2.01. The minimum atomic E-state index is 0.574. The second kappa shape index (κ2) is 8.62. The molecule has 0 aromatic heterocycles. The van der Waals surface area contributed by atoms with Gasteiger partial charge in [0.15, 0.2) is 0 Å². The molecule has 0 aliphatic heterocycles. The van der Waals surface area contributed by atoms with Gasteiger partial charge in [-0.05, 0) is 50.6 Å². The molecule has 0 saturated heterocycles. The lowest BCUT2D eigenvalue weighted by atomic mass is 10.2. The number of benzene rings is 1. The summed E-state index contributed by atoms with van der Waals surface area (Å²) in [6, 6.07) is 5.29. The third-order valence-electron chi connectivity index (χ3n) is 2.40. The summed E-state index contributed by atoms with van der Waals surface area (Å²) in [5.74, 6) is 0.711. The molecule has 0 saturated carbocycles. The molecule has 0 unspecified atom stereocenters. The summed E-state index contributed by atoms with van der Waals surface area (Å²) in [5.41, 5.74) is 0. The standard InChI is InChI=1S/C13H19Cl2NO/c1-2-16-8-4-3-5-9-17-13-7-6-11(14)10-12(13)15/h6-7,10,16H,2-5,8-9H2,1H3. The minimum absolute atomic E-state index is 0.574. The van der Waals surface area contributed by atoms with E-state index in [9.17, 15) is 0 Å². The van der Waals surface area contributed by atoms with Crippen molar-refractivity contribution < 1.29 is 4.74 Å². The molecule has 1 aromatic carbocycles. The molecule has 0 aliphatic carbocycles. The molecule has 0 bridgehead atoms. The topological polar surface area (TPSA) is 21.3 Å². The smallest absolute Gasteiger partial charge is 0.137 e. The Bertz CT molecular complexity index is 331.